The lowest BCUT2D eigenvalue weighted by atomic mass is 9.93. The smallest absolute Gasteiger partial charge is 0.263 e. The minimum Gasteiger partial charge on any atom is -0.353 e. The number of hydrogen-bond acceptors (Lipinski definition) is 5. The summed E-state index contributed by atoms with van der Waals surface area (Å²) in [4.78, 5) is 36.7. The summed E-state index contributed by atoms with van der Waals surface area (Å²) in [5.74, 6) is 1.79. The second kappa shape index (κ2) is 9.39. The predicted molar refractivity (Wildman–Crippen MR) is 115 cm³/mol. The van der Waals surface area contributed by atoms with Crippen LogP contribution < -0.4 is 4.90 Å². The monoisotopic (exact) mass is 412 g/mol. The zero-order valence-corrected chi connectivity index (χ0v) is 17.5. The van der Waals surface area contributed by atoms with Gasteiger partial charge in [0, 0.05) is 51.9 Å². The summed E-state index contributed by atoms with van der Waals surface area (Å²) >= 11 is 1.50. The molecule has 7 heteroatoms. The molecule has 2 aromatic heterocycles. The molecule has 0 saturated carbocycles. The van der Waals surface area contributed by atoms with Gasteiger partial charge in [-0.1, -0.05) is 12.1 Å². The summed E-state index contributed by atoms with van der Waals surface area (Å²) in [6, 6.07) is 9.75. The summed E-state index contributed by atoms with van der Waals surface area (Å²) in [6.45, 7) is 4.77. The van der Waals surface area contributed by atoms with E-state index in [1.807, 2.05) is 51.7 Å². The number of carbonyl (C=O) groups is 2. The average molecular weight is 413 g/mol. The van der Waals surface area contributed by atoms with Crippen LogP contribution in [0.1, 0.15) is 35.4 Å². The summed E-state index contributed by atoms with van der Waals surface area (Å²) < 4.78 is 0. The van der Waals surface area contributed by atoms with E-state index in [1.54, 1.807) is 0 Å². The van der Waals surface area contributed by atoms with E-state index in [4.69, 9.17) is 0 Å². The Labute approximate surface area is 176 Å². The van der Waals surface area contributed by atoms with Crippen LogP contribution in [0.2, 0.25) is 0 Å². The van der Waals surface area contributed by atoms with Gasteiger partial charge in [-0.25, -0.2) is 4.98 Å². The highest BCUT2D eigenvalue weighted by molar-refractivity contribution is 7.12. The first kappa shape index (κ1) is 19.9. The lowest BCUT2D eigenvalue weighted by Gasteiger charge is -2.36. The molecule has 0 aromatic carbocycles. The number of anilines is 1. The fourth-order valence-electron chi connectivity index (χ4n) is 4.25. The first-order valence-electron chi connectivity index (χ1n) is 10.5. The zero-order chi connectivity index (χ0) is 20.1. The number of nitrogens with zero attached hydrogens (tertiary/aromatic N) is 4. The molecule has 0 aliphatic carbocycles. The first-order valence-corrected chi connectivity index (χ1v) is 11.4. The van der Waals surface area contributed by atoms with Gasteiger partial charge >= 0.3 is 0 Å². The van der Waals surface area contributed by atoms with E-state index in [9.17, 15) is 9.59 Å². The maximum Gasteiger partial charge on any atom is 0.263 e. The molecule has 154 valence electrons. The molecule has 4 heterocycles. The highest BCUT2D eigenvalue weighted by atomic mass is 32.1. The second-order valence-corrected chi connectivity index (χ2v) is 8.78. The molecule has 2 aliphatic heterocycles. The van der Waals surface area contributed by atoms with Gasteiger partial charge in [-0.2, -0.15) is 0 Å². The third-order valence-corrected chi connectivity index (χ3v) is 6.77. The molecule has 0 N–H and O–H groups in total. The Balaban J connectivity index is 1.22. The maximum absolute atomic E-state index is 12.7. The first-order chi connectivity index (χ1) is 14.2. The van der Waals surface area contributed by atoms with Crippen molar-refractivity contribution in [1.82, 2.24) is 14.8 Å². The van der Waals surface area contributed by atoms with E-state index in [0.717, 1.165) is 69.2 Å². The van der Waals surface area contributed by atoms with Gasteiger partial charge in [0.15, 0.2) is 0 Å². The van der Waals surface area contributed by atoms with Gasteiger partial charge in [0.1, 0.15) is 5.82 Å². The standard InChI is InChI=1S/C22H28N4O2S/c27-21(25-14-12-24(13-15-25)20-7-1-2-10-23-20)9-8-18-5-3-11-26(17-18)22(28)19-6-4-16-29-19/h1-2,4,6-7,10,16,18H,3,5,8-9,11-15,17H2. The highest BCUT2D eigenvalue weighted by Crippen LogP contribution is 2.24. The molecule has 2 saturated heterocycles. The lowest BCUT2D eigenvalue weighted by molar-refractivity contribution is -0.131. The molecule has 2 amide bonds. The van der Waals surface area contributed by atoms with Crippen molar-refractivity contribution in [3.05, 3.63) is 46.8 Å². The lowest BCUT2D eigenvalue weighted by Crippen LogP contribution is -2.49. The Kier molecular flexibility index (Phi) is 6.44. The molecular weight excluding hydrogens is 384 g/mol. The van der Waals surface area contributed by atoms with E-state index in [0.29, 0.717) is 12.3 Å². The van der Waals surface area contributed by atoms with E-state index in [-0.39, 0.29) is 11.8 Å². The fourth-order valence-corrected chi connectivity index (χ4v) is 4.94. The summed E-state index contributed by atoms with van der Waals surface area (Å²) in [5, 5.41) is 1.95. The number of rotatable bonds is 5. The van der Waals surface area contributed by atoms with Crippen molar-refractivity contribution >= 4 is 29.0 Å². The van der Waals surface area contributed by atoms with Crippen molar-refractivity contribution in [2.45, 2.75) is 25.7 Å². The highest BCUT2D eigenvalue weighted by Gasteiger charge is 2.27. The Morgan fingerprint density at radius 3 is 2.62 bits per heavy atom. The van der Waals surface area contributed by atoms with Crippen LogP contribution in [-0.4, -0.2) is 65.9 Å². The van der Waals surface area contributed by atoms with Gasteiger partial charge in [-0.15, -0.1) is 11.3 Å². The Morgan fingerprint density at radius 2 is 1.90 bits per heavy atom. The molecule has 6 nitrogen and oxygen atoms in total. The van der Waals surface area contributed by atoms with Crippen LogP contribution in [0.3, 0.4) is 0 Å². The van der Waals surface area contributed by atoms with Crippen molar-refractivity contribution < 1.29 is 9.59 Å². The fraction of sp³-hybridized carbons (Fsp3) is 0.500. The number of pyridine rings is 1. The molecular formula is C22H28N4O2S. The molecule has 0 radical (unpaired) electrons. The molecule has 2 aromatic rings. The Morgan fingerprint density at radius 1 is 1.03 bits per heavy atom. The van der Waals surface area contributed by atoms with Gasteiger partial charge in [0.2, 0.25) is 5.91 Å². The SMILES string of the molecule is O=C(CCC1CCCN(C(=O)c2cccs2)C1)N1CCN(c2ccccn2)CC1. The molecule has 2 fully saturated rings. The van der Waals surface area contributed by atoms with Crippen molar-refractivity contribution in [2.75, 3.05) is 44.2 Å². The molecule has 29 heavy (non-hydrogen) atoms. The number of piperidine rings is 1. The van der Waals surface area contributed by atoms with Crippen LogP contribution in [0.5, 0.6) is 0 Å². The topological polar surface area (TPSA) is 56.8 Å². The minimum atomic E-state index is 0.140. The van der Waals surface area contributed by atoms with Crippen LogP contribution in [0.4, 0.5) is 5.82 Å². The van der Waals surface area contributed by atoms with Crippen LogP contribution in [0.15, 0.2) is 41.9 Å². The third-order valence-electron chi connectivity index (χ3n) is 5.91. The normalized spacial score (nSPS) is 20.0. The Bertz CT molecular complexity index is 803. The Hall–Kier alpha value is -2.41. The van der Waals surface area contributed by atoms with E-state index in [2.05, 4.69) is 9.88 Å². The van der Waals surface area contributed by atoms with E-state index >= 15 is 0 Å². The van der Waals surface area contributed by atoms with E-state index in [1.165, 1.54) is 11.3 Å². The average Bonchev–Trinajstić information content (AvgIpc) is 3.33. The molecule has 0 bridgehead atoms. The van der Waals surface area contributed by atoms with Gasteiger partial charge in [0.25, 0.3) is 5.91 Å². The number of aromatic nitrogens is 1. The van der Waals surface area contributed by atoms with Gasteiger partial charge < -0.3 is 14.7 Å². The molecule has 1 unspecified atom stereocenters. The maximum atomic E-state index is 12.7. The summed E-state index contributed by atoms with van der Waals surface area (Å²) in [6.07, 6.45) is 5.39. The summed E-state index contributed by atoms with van der Waals surface area (Å²) in [7, 11) is 0. The number of thiophene rings is 1. The zero-order valence-electron chi connectivity index (χ0n) is 16.7. The quantitative estimate of drug-likeness (QED) is 0.757. The van der Waals surface area contributed by atoms with Gasteiger partial charge in [-0.05, 0) is 48.8 Å². The van der Waals surface area contributed by atoms with Crippen molar-refractivity contribution in [3.63, 3.8) is 0 Å². The van der Waals surface area contributed by atoms with Crippen molar-refractivity contribution in [3.8, 4) is 0 Å². The van der Waals surface area contributed by atoms with Crippen LogP contribution in [-0.2, 0) is 4.79 Å². The second-order valence-electron chi connectivity index (χ2n) is 7.83. The van der Waals surface area contributed by atoms with Crippen LogP contribution in [0, 0.1) is 5.92 Å². The van der Waals surface area contributed by atoms with Gasteiger partial charge in [0.05, 0.1) is 4.88 Å². The molecule has 4 rings (SSSR count). The number of carbonyl (C=O) groups excluding carboxylic acids is 2. The molecule has 1 atom stereocenters. The van der Waals surface area contributed by atoms with Crippen molar-refractivity contribution in [2.24, 2.45) is 5.92 Å². The van der Waals surface area contributed by atoms with Gasteiger partial charge in [-0.3, -0.25) is 9.59 Å². The van der Waals surface area contributed by atoms with Crippen LogP contribution in [0.25, 0.3) is 0 Å². The number of hydrogen-bond donors (Lipinski definition) is 0. The third kappa shape index (κ3) is 4.96. The predicted octanol–water partition coefficient (Wildman–Crippen LogP) is 3.12. The number of piperazine rings is 1. The number of amides is 2. The molecule has 2 aliphatic rings. The number of likely N-dealkylation sites (tertiary alicyclic amines) is 1. The largest absolute Gasteiger partial charge is 0.353 e. The minimum absolute atomic E-state index is 0.140. The van der Waals surface area contributed by atoms with Crippen molar-refractivity contribution in [1.29, 1.82) is 0 Å². The van der Waals surface area contributed by atoms with E-state index < -0.39 is 0 Å². The van der Waals surface area contributed by atoms with Crippen LogP contribution >= 0.6 is 11.3 Å². The molecule has 0 spiro atoms. The summed E-state index contributed by atoms with van der Waals surface area (Å²) in [5.41, 5.74) is 0.